The van der Waals surface area contributed by atoms with Crippen LogP contribution >= 0.6 is 0 Å². The van der Waals surface area contributed by atoms with E-state index in [0.717, 1.165) is 24.3 Å². The van der Waals surface area contributed by atoms with Crippen LogP contribution in [0, 0.1) is 15.5 Å². The van der Waals surface area contributed by atoms with Crippen LogP contribution < -0.4 is 11.3 Å². The Morgan fingerprint density at radius 1 is 1.43 bits per heavy atom. The maximum Gasteiger partial charge on any atom is 0.269 e. The lowest BCUT2D eigenvalue weighted by atomic mass is 9.82. The molecule has 1 fully saturated rings. The second kappa shape index (κ2) is 6.41. The van der Waals surface area contributed by atoms with E-state index in [-0.39, 0.29) is 10.6 Å². The minimum absolute atomic E-state index is 0.112. The molecule has 116 valence electrons. The van der Waals surface area contributed by atoms with Gasteiger partial charge in [0.25, 0.3) is 5.69 Å². The standard InChI is InChI=1S/C15H24N4O2/c1-3-15(4-2)7-8-18(11-15)10-12-9-13(19(20)21)5-6-14(12)17-16/h5-6,9,17H,3-4,7-8,10-11,16H2,1-2H3. The van der Waals surface area contributed by atoms with E-state index in [0.29, 0.717) is 12.0 Å². The summed E-state index contributed by atoms with van der Waals surface area (Å²) in [5.41, 5.74) is 4.79. The van der Waals surface area contributed by atoms with Gasteiger partial charge in [0.2, 0.25) is 0 Å². The van der Waals surface area contributed by atoms with Crippen molar-refractivity contribution in [3.05, 3.63) is 33.9 Å². The number of nitro groups is 1. The van der Waals surface area contributed by atoms with Gasteiger partial charge in [-0.05, 0) is 42.9 Å². The van der Waals surface area contributed by atoms with Gasteiger partial charge >= 0.3 is 0 Å². The highest BCUT2D eigenvalue weighted by Gasteiger charge is 2.34. The second-order valence-corrected chi connectivity index (χ2v) is 5.91. The molecule has 6 nitrogen and oxygen atoms in total. The number of rotatable bonds is 6. The third-order valence-electron chi connectivity index (χ3n) is 4.87. The predicted octanol–water partition coefficient (Wildman–Crippen LogP) is 2.89. The van der Waals surface area contributed by atoms with Gasteiger partial charge in [-0.2, -0.15) is 0 Å². The van der Waals surface area contributed by atoms with E-state index < -0.39 is 0 Å². The number of hydrogen-bond donors (Lipinski definition) is 2. The van der Waals surface area contributed by atoms with Gasteiger partial charge in [-0.15, -0.1) is 0 Å². The Kier molecular flexibility index (Phi) is 4.80. The van der Waals surface area contributed by atoms with Gasteiger partial charge in [0.05, 0.1) is 10.6 Å². The zero-order chi connectivity index (χ0) is 15.5. The number of nitrogen functional groups attached to an aromatic ring is 1. The summed E-state index contributed by atoms with van der Waals surface area (Å²) in [7, 11) is 0. The van der Waals surface area contributed by atoms with E-state index in [1.165, 1.54) is 25.3 Å². The number of nitrogens with one attached hydrogen (secondary N) is 1. The Morgan fingerprint density at radius 2 is 2.14 bits per heavy atom. The van der Waals surface area contributed by atoms with E-state index >= 15 is 0 Å². The molecule has 0 bridgehead atoms. The van der Waals surface area contributed by atoms with Crippen molar-refractivity contribution in [2.75, 3.05) is 18.5 Å². The normalized spacial score (nSPS) is 17.9. The van der Waals surface area contributed by atoms with Crippen LogP contribution in [0.4, 0.5) is 11.4 Å². The highest BCUT2D eigenvalue weighted by Crippen LogP contribution is 2.38. The van der Waals surface area contributed by atoms with Crippen molar-refractivity contribution in [1.29, 1.82) is 0 Å². The molecule has 0 radical (unpaired) electrons. The Morgan fingerprint density at radius 3 is 2.67 bits per heavy atom. The number of hydrogen-bond acceptors (Lipinski definition) is 5. The van der Waals surface area contributed by atoms with E-state index in [1.54, 1.807) is 12.1 Å². The monoisotopic (exact) mass is 292 g/mol. The molecule has 0 spiro atoms. The number of anilines is 1. The molecule has 2 rings (SSSR count). The fourth-order valence-electron chi connectivity index (χ4n) is 3.20. The lowest BCUT2D eigenvalue weighted by molar-refractivity contribution is -0.384. The number of nitro benzene ring substituents is 1. The predicted molar refractivity (Wildman–Crippen MR) is 83.8 cm³/mol. The molecule has 21 heavy (non-hydrogen) atoms. The number of benzene rings is 1. The Labute approximate surface area is 125 Å². The first-order valence-corrected chi connectivity index (χ1v) is 7.50. The van der Waals surface area contributed by atoms with Crippen LogP contribution in [0.5, 0.6) is 0 Å². The molecule has 6 heteroatoms. The van der Waals surface area contributed by atoms with E-state index in [2.05, 4.69) is 24.2 Å². The molecular weight excluding hydrogens is 268 g/mol. The van der Waals surface area contributed by atoms with Gasteiger partial charge < -0.3 is 5.43 Å². The average molecular weight is 292 g/mol. The molecule has 0 amide bonds. The summed E-state index contributed by atoms with van der Waals surface area (Å²) in [5, 5.41) is 10.9. The molecule has 1 saturated heterocycles. The summed E-state index contributed by atoms with van der Waals surface area (Å²) in [5.74, 6) is 5.52. The minimum atomic E-state index is -0.365. The first-order valence-electron chi connectivity index (χ1n) is 7.50. The smallest absolute Gasteiger partial charge is 0.269 e. The first kappa shape index (κ1) is 15.7. The minimum Gasteiger partial charge on any atom is -0.324 e. The number of nitrogens with two attached hydrogens (primary N) is 1. The summed E-state index contributed by atoms with van der Waals surface area (Å²) in [4.78, 5) is 12.9. The Balaban J connectivity index is 2.16. The molecule has 0 aliphatic carbocycles. The lowest BCUT2D eigenvalue weighted by Crippen LogP contribution is -2.26. The van der Waals surface area contributed by atoms with Gasteiger partial charge in [-0.3, -0.25) is 20.9 Å². The fraction of sp³-hybridized carbons (Fsp3) is 0.600. The maximum absolute atomic E-state index is 10.9. The number of non-ortho nitro benzene ring substituents is 1. The van der Waals surface area contributed by atoms with Gasteiger partial charge in [-0.25, -0.2) is 0 Å². The quantitative estimate of drug-likeness (QED) is 0.478. The number of likely N-dealkylation sites (tertiary alicyclic amines) is 1. The Bertz CT molecular complexity index is 514. The molecule has 3 N–H and O–H groups in total. The van der Waals surface area contributed by atoms with E-state index in [1.807, 2.05) is 0 Å². The van der Waals surface area contributed by atoms with Gasteiger partial charge in [0.1, 0.15) is 0 Å². The van der Waals surface area contributed by atoms with E-state index in [9.17, 15) is 10.1 Å². The molecular formula is C15H24N4O2. The maximum atomic E-state index is 10.9. The van der Waals surface area contributed by atoms with Crippen molar-refractivity contribution < 1.29 is 4.92 Å². The van der Waals surface area contributed by atoms with Crippen molar-refractivity contribution in [3.63, 3.8) is 0 Å². The van der Waals surface area contributed by atoms with Crippen LogP contribution in [0.2, 0.25) is 0 Å². The van der Waals surface area contributed by atoms with Gasteiger partial charge in [0.15, 0.2) is 0 Å². The lowest BCUT2D eigenvalue weighted by Gasteiger charge is -2.26. The molecule has 0 atom stereocenters. The number of hydrazine groups is 1. The summed E-state index contributed by atoms with van der Waals surface area (Å²) in [6, 6.07) is 4.77. The zero-order valence-corrected chi connectivity index (χ0v) is 12.8. The molecule has 0 saturated carbocycles. The average Bonchev–Trinajstić information content (AvgIpc) is 2.91. The fourth-order valence-corrected chi connectivity index (χ4v) is 3.20. The van der Waals surface area contributed by atoms with Crippen molar-refractivity contribution >= 4 is 11.4 Å². The molecule has 0 unspecified atom stereocenters. The van der Waals surface area contributed by atoms with Crippen molar-refractivity contribution in [1.82, 2.24) is 4.90 Å². The highest BCUT2D eigenvalue weighted by molar-refractivity contribution is 5.55. The van der Waals surface area contributed by atoms with Gasteiger partial charge in [-0.1, -0.05) is 13.8 Å². The van der Waals surface area contributed by atoms with E-state index in [4.69, 9.17) is 5.84 Å². The van der Waals surface area contributed by atoms with Crippen molar-refractivity contribution in [2.45, 2.75) is 39.7 Å². The molecule has 1 aliphatic rings. The van der Waals surface area contributed by atoms with Crippen LogP contribution in [0.1, 0.15) is 38.7 Å². The summed E-state index contributed by atoms with van der Waals surface area (Å²) in [6.07, 6.45) is 3.55. The molecule has 0 aromatic heterocycles. The molecule has 1 aliphatic heterocycles. The van der Waals surface area contributed by atoms with Crippen LogP contribution in [0.25, 0.3) is 0 Å². The second-order valence-electron chi connectivity index (χ2n) is 5.91. The Hall–Kier alpha value is -1.66. The largest absolute Gasteiger partial charge is 0.324 e. The highest BCUT2D eigenvalue weighted by atomic mass is 16.6. The molecule has 1 aromatic rings. The SMILES string of the molecule is CCC1(CC)CCN(Cc2cc([N+](=O)[O-])ccc2NN)C1. The summed E-state index contributed by atoms with van der Waals surface area (Å²) >= 11 is 0. The third kappa shape index (κ3) is 3.33. The summed E-state index contributed by atoms with van der Waals surface area (Å²) < 4.78 is 0. The number of nitrogens with zero attached hydrogens (tertiary/aromatic N) is 2. The van der Waals surface area contributed by atoms with Crippen LogP contribution in [0.3, 0.4) is 0 Å². The van der Waals surface area contributed by atoms with Gasteiger partial charge in [0, 0.05) is 25.2 Å². The third-order valence-corrected chi connectivity index (χ3v) is 4.87. The van der Waals surface area contributed by atoms with Crippen LogP contribution in [-0.4, -0.2) is 22.9 Å². The molecule has 1 aromatic carbocycles. The van der Waals surface area contributed by atoms with Crippen LogP contribution in [0.15, 0.2) is 18.2 Å². The van der Waals surface area contributed by atoms with Crippen molar-refractivity contribution in [3.8, 4) is 0 Å². The first-order chi connectivity index (χ1) is 10.0. The van der Waals surface area contributed by atoms with Crippen molar-refractivity contribution in [2.24, 2.45) is 11.3 Å². The zero-order valence-electron chi connectivity index (χ0n) is 12.8. The topological polar surface area (TPSA) is 84.4 Å². The molecule has 1 heterocycles. The van der Waals surface area contributed by atoms with Crippen LogP contribution in [-0.2, 0) is 6.54 Å². The summed E-state index contributed by atoms with van der Waals surface area (Å²) in [6.45, 7) is 7.27.